The number of carbonyl (C=O) groups is 2. The van der Waals surface area contributed by atoms with Gasteiger partial charge in [-0.25, -0.2) is 4.79 Å². The number of halogens is 1. The molecule has 1 aromatic rings. The second-order valence-electron chi connectivity index (χ2n) is 15.0. The number of esters is 2. The van der Waals surface area contributed by atoms with Crippen molar-refractivity contribution in [2.24, 2.45) is 10.8 Å². The topological polar surface area (TPSA) is 89.5 Å². The lowest BCUT2D eigenvalue weighted by molar-refractivity contribution is -0.160. The fraction of sp³-hybridized carbons (Fsp3) is 0.657. The lowest BCUT2D eigenvalue weighted by atomic mass is 9.76. The van der Waals surface area contributed by atoms with Crippen molar-refractivity contribution >= 4 is 42.3 Å². The summed E-state index contributed by atoms with van der Waals surface area (Å²) < 4.78 is 37.2. The van der Waals surface area contributed by atoms with Crippen molar-refractivity contribution in [2.45, 2.75) is 117 Å². The fourth-order valence-corrected chi connectivity index (χ4v) is 6.61. The zero-order valence-corrected chi connectivity index (χ0v) is 32.2. The Morgan fingerprint density at radius 2 is 1.71 bits per heavy atom. The number of rotatable bonds is 13. The normalized spacial score (nSPS) is 20.8. The third kappa shape index (κ3) is 10.3. The van der Waals surface area contributed by atoms with E-state index in [1.165, 1.54) is 7.11 Å². The first-order chi connectivity index (χ1) is 20.5. The molecule has 0 radical (unpaired) electrons. The van der Waals surface area contributed by atoms with Crippen molar-refractivity contribution in [1.82, 2.24) is 0 Å². The van der Waals surface area contributed by atoms with Crippen LogP contribution in [0.1, 0.15) is 91.1 Å². The average molecular weight is 712 g/mol. The molecule has 0 aliphatic carbocycles. The molecule has 4 atom stereocenters. The van der Waals surface area contributed by atoms with Crippen LogP contribution in [-0.2, 0) is 28.2 Å². The van der Waals surface area contributed by atoms with Crippen LogP contribution in [0.5, 0.6) is 5.75 Å². The van der Waals surface area contributed by atoms with E-state index in [0.717, 1.165) is 0 Å². The van der Waals surface area contributed by atoms with Gasteiger partial charge in [0.15, 0.2) is 14.1 Å². The summed E-state index contributed by atoms with van der Waals surface area (Å²) in [6.07, 6.45) is 3.76. The molecule has 1 saturated heterocycles. The van der Waals surface area contributed by atoms with Gasteiger partial charge in [-0.1, -0.05) is 62.4 Å². The molecule has 2 rings (SSSR count). The third-order valence-corrected chi connectivity index (χ3v) is 13.5. The molecule has 10 heteroatoms. The molecule has 0 spiro atoms. The Morgan fingerprint density at radius 1 is 1.09 bits per heavy atom. The van der Waals surface area contributed by atoms with Crippen LogP contribution in [0.3, 0.4) is 0 Å². The lowest BCUT2D eigenvalue weighted by Crippen LogP contribution is -2.55. The Kier molecular flexibility index (Phi) is 12.9. The van der Waals surface area contributed by atoms with Crippen molar-refractivity contribution in [3.05, 3.63) is 46.5 Å². The Hall–Kier alpha value is -1.98. The van der Waals surface area contributed by atoms with Gasteiger partial charge >= 0.3 is 11.9 Å². The third-order valence-electron chi connectivity index (χ3n) is 8.61. The number of benzene rings is 1. The van der Waals surface area contributed by atoms with Crippen molar-refractivity contribution in [3.63, 3.8) is 0 Å². The van der Waals surface area contributed by atoms with Crippen LogP contribution in [0.2, 0.25) is 18.1 Å². The van der Waals surface area contributed by atoms with Gasteiger partial charge in [0.2, 0.25) is 0 Å². The molecule has 0 bridgehead atoms. The minimum atomic E-state index is -2.39. The molecule has 1 fully saturated rings. The fourth-order valence-electron chi connectivity index (χ4n) is 4.87. The Balaban J connectivity index is 2.72. The number of methoxy groups -OCH3 is 2. The van der Waals surface area contributed by atoms with Crippen LogP contribution in [0.4, 0.5) is 0 Å². The van der Waals surface area contributed by atoms with Gasteiger partial charge < -0.3 is 28.1 Å². The van der Waals surface area contributed by atoms with Crippen LogP contribution in [0.25, 0.3) is 6.08 Å². The monoisotopic (exact) mass is 710 g/mol. The molecule has 1 aromatic carbocycles. The molecule has 1 aliphatic heterocycles. The van der Waals surface area contributed by atoms with Gasteiger partial charge in [-0.05, 0) is 83.8 Å². The Morgan fingerprint density at radius 3 is 2.22 bits per heavy atom. The van der Waals surface area contributed by atoms with Crippen LogP contribution < -0.4 is 4.74 Å². The molecule has 1 heterocycles. The minimum Gasteiger partial charge on any atom is -0.496 e. The molecule has 0 amide bonds. The summed E-state index contributed by atoms with van der Waals surface area (Å²) in [6, 6.07) is 5.17. The van der Waals surface area contributed by atoms with Gasteiger partial charge in [0.25, 0.3) is 0 Å². The van der Waals surface area contributed by atoms with E-state index in [0.29, 0.717) is 34.2 Å². The highest BCUT2D eigenvalue weighted by molar-refractivity contribution is 9.11. The average Bonchev–Trinajstić information content (AvgIpc) is 3.26. The van der Waals surface area contributed by atoms with E-state index < -0.39 is 49.2 Å². The van der Waals surface area contributed by atoms with Crippen molar-refractivity contribution in [1.29, 1.82) is 0 Å². The van der Waals surface area contributed by atoms with E-state index in [1.54, 1.807) is 25.3 Å². The van der Waals surface area contributed by atoms with Gasteiger partial charge in [-0.2, -0.15) is 0 Å². The molecule has 45 heavy (non-hydrogen) atoms. The Bertz CT molecular complexity index is 1240. The molecule has 254 valence electrons. The molecular weight excluding hydrogens is 656 g/mol. The van der Waals surface area contributed by atoms with E-state index in [4.69, 9.17) is 28.1 Å². The number of carbonyl (C=O) groups excluding carboxylic acids is 2. The number of hydrogen-bond acceptors (Lipinski definition) is 8. The van der Waals surface area contributed by atoms with E-state index >= 15 is 0 Å². The van der Waals surface area contributed by atoms with Crippen LogP contribution in [0, 0.1) is 10.8 Å². The highest BCUT2D eigenvalue weighted by Crippen LogP contribution is 2.47. The summed E-state index contributed by atoms with van der Waals surface area (Å²) in [5, 5.41) is -0.0912. The number of ether oxygens (including phenoxy) is 5. The molecule has 0 unspecified atom stereocenters. The maximum absolute atomic E-state index is 12.6. The van der Waals surface area contributed by atoms with E-state index in [9.17, 15) is 9.59 Å². The summed E-state index contributed by atoms with van der Waals surface area (Å²) >= 11 is 3.59. The van der Waals surface area contributed by atoms with Gasteiger partial charge in [-0.15, -0.1) is 0 Å². The van der Waals surface area contributed by atoms with Crippen LogP contribution in [0.15, 0.2) is 35.3 Å². The number of hydrogen-bond donors (Lipinski definition) is 0. The highest BCUT2D eigenvalue weighted by atomic mass is 79.9. The first kappa shape index (κ1) is 39.2. The summed E-state index contributed by atoms with van der Waals surface area (Å²) in [5.41, 5.74) is -0.136. The van der Waals surface area contributed by atoms with Crippen molar-refractivity contribution < 1.29 is 37.7 Å². The van der Waals surface area contributed by atoms with E-state index in [2.05, 4.69) is 69.4 Å². The van der Waals surface area contributed by atoms with Gasteiger partial charge in [0.1, 0.15) is 18.0 Å². The predicted molar refractivity (Wildman–Crippen MR) is 185 cm³/mol. The van der Waals surface area contributed by atoms with Gasteiger partial charge in [0.05, 0.1) is 37.9 Å². The molecule has 0 N–H and O–H groups in total. The molecular formula is C35H55BrO8Si. The van der Waals surface area contributed by atoms with Crippen LogP contribution >= 0.6 is 15.9 Å². The van der Waals surface area contributed by atoms with Crippen molar-refractivity contribution in [2.75, 3.05) is 20.8 Å². The largest absolute Gasteiger partial charge is 0.496 e. The van der Waals surface area contributed by atoms with E-state index in [1.807, 2.05) is 40.7 Å². The lowest BCUT2D eigenvalue weighted by Gasteiger charge is -2.47. The summed E-state index contributed by atoms with van der Waals surface area (Å²) in [6.45, 7) is 26.9. The highest BCUT2D eigenvalue weighted by Gasteiger charge is 2.54. The first-order valence-electron chi connectivity index (χ1n) is 15.5. The summed E-state index contributed by atoms with van der Waals surface area (Å²) in [7, 11) is 0.560. The zero-order valence-electron chi connectivity index (χ0n) is 29.6. The molecule has 0 aromatic heterocycles. The van der Waals surface area contributed by atoms with Gasteiger partial charge in [0, 0.05) is 15.5 Å². The van der Waals surface area contributed by atoms with E-state index in [-0.39, 0.29) is 17.6 Å². The smallest absolute Gasteiger partial charge is 0.337 e. The molecule has 1 aliphatic rings. The summed E-state index contributed by atoms with van der Waals surface area (Å²) in [4.78, 5) is 24.9. The SMILES string of the molecule is C=C(Br)[C@@H]1OC(C)(C)O[C@H]1[C@@H](O[Si](C)(C)C(C)(C)C)[C@](C)(/C=C/c1cc(C(=O)OC)ccc1OC)CCCOC(=O)C(C)(C)C. The zero-order chi connectivity index (χ0) is 34.6. The minimum absolute atomic E-state index is 0.0912. The maximum atomic E-state index is 12.6. The Labute approximate surface area is 280 Å². The second kappa shape index (κ2) is 14.8. The maximum Gasteiger partial charge on any atom is 0.337 e. The second-order valence-corrected chi connectivity index (χ2v) is 20.8. The molecule has 8 nitrogen and oxygen atoms in total. The predicted octanol–water partition coefficient (Wildman–Crippen LogP) is 8.69. The first-order valence-corrected chi connectivity index (χ1v) is 19.2. The summed E-state index contributed by atoms with van der Waals surface area (Å²) in [5.74, 6) is -0.947. The standard InChI is InChI=1S/C35H55BrO8Si/c1-23(36)27-28(43-34(8,9)42-27)29(44-45(13,14)33(5,6)7)35(10,19-15-21-41-31(38)32(2,3)4)20-18-24-22-25(30(37)40-12)16-17-26(24)39-11/h16-18,20,22,27-29H,1,15,19,21H2,2-14H3/b20-18+/t27-,28+,29+,35-/m0/s1. The van der Waals surface area contributed by atoms with Gasteiger partial charge in [-0.3, -0.25) is 4.79 Å². The van der Waals surface area contributed by atoms with Crippen LogP contribution in [-0.4, -0.2) is 65.2 Å². The van der Waals surface area contributed by atoms with Crippen molar-refractivity contribution in [3.8, 4) is 5.75 Å². The molecule has 0 saturated carbocycles. The quantitative estimate of drug-likeness (QED) is 0.114.